The Kier molecular flexibility index (Phi) is 7.06. The standard InChI is InChI=1S/C19H26N2OS2/c1-14(2)10-11-21(15(3)18-9-6-12-24-18)19(23)20-16-7-5-8-17(13-16)22-4/h5-9,12-15H,10-11H2,1-4H3,(H,20,23)/t15-/m0/s1. The van der Waals surface area contributed by atoms with Crippen LogP contribution in [0.2, 0.25) is 0 Å². The van der Waals surface area contributed by atoms with E-state index in [2.05, 4.69) is 48.5 Å². The van der Waals surface area contributed by atoms with Gasteiger partial charge in [0.15, 0.2) is 5.11 Å². The fourth-order valence-electron chi connectivity index (χ4n) is 2.45. The van der Waals surface area contributed by atoms with E-state index in [0.717, 1.165) is 29.5 Å². The van der Waals surface area contributed by atoms with Crippen LogP contribution in [0.4, 0.5) is 5.69 Å². The minimum absolute atomic E-state index is 0.259. The molecular weight excluding hydrogens is 336 g/mol. The number of benzene rings is 1. The van der Waals surface area contributed by atoms with Crippen LogP contribution in [0.3, 0.4) is 0 Å². The quantitative estimate of drug-likeness (QED) is 0.651. The maximum absolute atomic E-state index is 5.72. The highest BCUT2D eigenvalue weighted by atomic mass is 32.1. The second-order valence-electron chi connectivity index (χ2n) is 6.23. The molecule has 130 valence electrons. The van der Waals surface area contributed by atoms with Gasteiger partial charge in [0, 0.05) is 23.2 Å². The zero-order valence-corrected chi connectivity index (χ0v) is 16.4. The molecule has 1 aromatic heterocycles. The zero-order chi connectivity index (χ0) is 17.5. The predicted molar refractivity (Wildman–Crippen MR) is 108 cm³/mol. The molecule has 0 bridgehead atoms. The number of thiophene rings is 1. The third kappa shape index (κ3) is 5.21. The van der Waals surface area contributed by atoms with E-state index in [1.54, 1.807) is 18.4 Å². The summed E-state index contributed by atoms with van der Waals surface area (Å²) in [4.78, 5) is 3.61. The molecule has 1 heterocycles. The van der Waals surface area contributed by atoms with Crippen molar-refractivity contribution in [3.05, 3.63) is 46.7 Å². The summed E-state index contributed by atoms with van der Waals surface area (Å²) in [6.45, 7) is 7.64. The largest absolute Gasteiger partial charge is 0.497 e. The van der Waals surface area contributed by atoms with E-state index >= 15 is 0 Å². The predicted octanol–water partition coefficient (Wildman–Crippen LogP) is 5.56. The molecule has 5 heteroatoms. The Bertz CT molecular complexity index is 641. The molecule has 24 heavy (non-hydrogen) atoms. The van der Waals surface area contributed by atoms with Gasteiger partial charge in [-0.2, -0.15) is 0 Å². The summed E-state index contributed by atoms with van der Waals surface area (Å²) in [6, 6.07) is 12.4. The molecule has 3 nitrogen and oxygen atoms in total. The van der Waals surface area contributed by atoms with Crippen molar-refractivity contribution >= 4 is 34.4 Å². The molecule has 0 aliphatic rings. The van der Waals surface area contributed by atoms with Crippen molar-refractivity contribution in [1.82, 2.24) is 4.90 Å². The van der Waals surface area contributed by atoms with E-state index < -0.39 is 0 Å². The number of thiocarbonyl (C=S) groups is 1. The lowest BCUT2D eigenvalue weighted by atomic mass is 10.1. The Balaban J connectivity index is 2.13. The van der Waals surface area contributed by atoms with Gasteiger partial charge in [-0.05, 0) is 55.1 Å². The van der Waals surface area contributed by atoms with Crippen LogP contribution in [0.25, 0.3) is 0 Å². The molecule has 0 saturated carbocycles. The van der Waals surface area contributed by atoms with Crippen molar-refractivity contribution in [3.63, 3.8) is 0 Å². The summed E-state index contributed by atoms with van der Waals surface area (Å²) in [7, 11) is 1.67. The molecule has 1 aromatic carbocycles. The number of hydrogen-bond donors (Lipinski definition) is 1. The molecule has 1 atom stereocenters. The van der Waals surface area contributed by atoms with E-state index in [0.29, 0.717) is 5.92 Å². The van der Waals surface area contributed by atoms with Crippen LogP contribution in [0.1, 0.15) is 38.1 Å². The summed E-state index contributed by atoms with van der Waals surface area (Å²) in [5, 5.41) is 6.24. The van der Waals surface area contributed by atoms with Crippen molar-refractivity contribution in [3.8, 4) is 5.75 Å². The SMILES string of the molecule is COc1cccc(NC(=S)N(CCC(C)C)[C@@H](C)c2cccs2)c1. The lowest BCUT2D eigenvalue weighted by Gasteiger charge is -2.32. The van der Waals surface area contributed by atoms with Crippen molar-refractivity contribution in [2.24, 2.45) is 5.92 Å². The van der Waals surface area contributed by atoms with Crippen molar-refractivity contribution in [2.75, 3.05) is 19.0 Å². The maximum Gasteiger partial charge on any atom is 0.173 e. The Labute approximate surface area is 154 Å². The molecule has 2 rings (SSSR count). The average molecular weight is 363 g/mol. The Morgan fingerprint density at radius 3 is 2.67 bits per heavy atom. The summed E-state index contributed by atoms with van der Waals surface area (Å²) in [5.74, 6) is 1.46. The van der Waals surface area contributed by atoms with Gasteiger partial charge in [0.1, 0.15) is 5.75 Å². The van der Waals surface area contributed by atoms with E-state index in [-0.39, 0.29) is 6.04 Å². The second-order valence-corrected chi connectivity index (χ2v) is 7.60. The molecule has 0 aliphatic carbocycles. The first-order valence-corrected chi connectivity index (χ1v) is 9.55. The molecule has 0 aliphatic heterocycles. The molecule has 0 radical (unpaired) electrons. The van der Waals surface area contributed by atoms with Gasteiger partial charge in [0.05, 0.1) is 13.2 Å². The average Bonchev–Trinajstić information content (AvgIpc) is 3.09. The first-order chi connectivity index (χ1) is 11.5. The van der Waals surface area contributed by atoms with E-state index in [9.17, 15) is 0 Å². The van der Waals surface area contributed by atoms with Crippen LogP contribution in [-0.4, -0.2) is 23.7 Å². The molecule has 0 amide bonds. The topological polar surface area (TPSA) is 24.5 Å². The molecule has 0 unspecified atom stereocenters. The minimum Gasteiger partial charge on any atom is -0.497 e. The smallest absolute Gasteiger partial charge is 0.173 e. The van der Waals surface area contributed by atoms with Gasteiger partial charge in [0.25, 0.3) is 0 Å². The third-order valence-electron chi connectivity index (χ3n) is 3.95. The summed E-state index contributed by atoms with van der Waals surface area (Å²) < 4.78 is 5.29. The lowest BCUT2D eigenvalue weighted by Crippen LogP contribution is -2.37. The van der Waals surface area contributed by atoms with Gasteiger partial charge in [-0.15, -0.1) is 11.3 Å². The minimum atomic E-state index is 0.259. The monoisotopic (exact) mass is 362 g/mol. The maximum atomic E-state index is 5.72. The highest BCUT2D eigenvalue weighted by Gasteiger charge is 2.20. The summed E-state index contributed by atoms with van der Waals surface area (Å²) in [6.07, 6.45) is 1.11. The Hall–Kier alpha value is -1.59. The van der Waals surface area contributed by atoms with Gasteiger partial charge in [-0.1, -0.05) is 26.0 Å². The number of ether oxygens (including phenoxy) is 1. The van der Waals surface area contributed by atoms with Crippen molar-refractivity contribution in [1.29, 1.82) is 0 Å². The Morgan fingerprint density at radius 2 is 2.04 bits per heavy atom. The van der Waals surface area contributed by atoms with Gasteiger partial charge in [-0.25, -0.2) is 0 Å². The third-order valence-corrected chi connectivity index (χ3v) is 5.33. The highest BCUT2D eigenvalue weighted by molar-refractivity contribution is 7.80. The zero-order valence-electron chi connectivity index (χ0n) is 14.8. The van der Waals surface area contributed by atoms with Crippen LogP contribution >= 0.6 is 23.6 Å². The fourth-order valence-corrected chi connectivity index (χ4v) is 3.61. The normalized spacial score (nSPS) is 12.0. The number of hydrogen-bond acceptors (Lipinski definition) is 3. The number of anilines is 1. The number of nitrogens with zero attached hydrogens (tertiary/aromatic N) is 1. The Morgan fingerprint density at radius 1 is 1.25 bits per heavy atom. The van der Waals surface area contributed by atoms with Crippen LogP contribution < -0.4 is 10.1 Å². The molecule has 0 spiro atoms. The van der Waals surface area contributed by atoms with Gasteiger partial charge >= 0.3 is 0 Å². The number of nitrogens with one attached hydrogen (secondary N) is 1. The van der Waals surface area contributed by atoms with E-state index in [1.807, 2.05) is 24.3 Å². The van der Waals surface area contributed by atoms with Gasteiger partial charge < -0.3 is 15.0 Å². The van der Waals surface area contributed by atoms with E-state index in [1.165, 1.54) is 4.88 Å². The molecule has 0 saturated heterocycles. The first kappa shape index (κ1) is 18.7. The van der Waals surface area contributed by atoms with Crippen LogP contribution in [0, 0.1) is 5.92 Å². The number of methoxy groups -OCH3 is 1. The molecule has 1 N–H and O–H groups in total. The van der Waals surface area contributed by atoms with E-state index in [4.69, 9.17) is 17.0 Å². The van der Waals surface area contributed by atoms with Crippen LogP contribution in [0.15, 0.2) is 41.8 Å². The lowest BCUT2D eigenvalue weighted by molar-refractivity contribution is 0.321. The molecule has 2 aromatic rings. The molecule has 0 fully saturated rings. The van der Waals surface area contributed by atoms with Crippen molar-refractivity contribution in [2.45, 2.75) is 33.2 Å². The van der Waals surface area contributed by atoms with Gasteiger partial charge in [0.2, 0.25) is 0 Å². The summed E-state index contributed by atoms with van der Waals surface area (Å²) >= 11 is 7.49. The van der Waals surface area contributed by atoms with Crippen molar-refractivity contribution < 1.29 is 4.74 Å². The molecular formula is C19H26N2OS2. The van der Waals surface area contributed by atoms with Crippen LogP contribution in [-0.2, 0) is 0 Å². The number of rotatable bonds is 7. The van der Waals surface area contributed by atoms with Gasteiger partial charge in [-0.3, -0.25) is 0 Å². The summed E-state index contributed by atoms with van der Waals surface area (Å²) in [5.41, 5.74) is 0.951. The first-order valence-electron chi connectivity index (χ1n) is 8.26. The highest BCUT2D eigenvalue weighted by Crippen LogP contribution is 2.26. The fraction of sp³-hybridized carbons (Fsp3) is 0.421. The van der Waals surface area contributed by atoms with Crippen LogP contribution in [0.5, 0.6) is 5.75 Å². The second kappa shape index (κ2) is 9.04.